The molecule has 1 amide bonds. The van der Waals surface area contributed by atoms with Gasteiger partial charge in [0.1, 0.15) is 0 Å². The lowest BCUT2D eigenvalue weighted by molar-refractivity contribution is -0.157. The molecule has 0 saturated carbocycles. The quantitative estimate of drug-likeness (QED) is 0.801. The Kier molecular flexibility index (Phi) is 4.70. The predicted molar refractivity (Wildman–Crippen MR) is 94.5 cm³/mol. The summed E-state index contributed by atoms with van der Waals surface area (Å²) in [5.41, 5.74) is 0.387. The van der Waals surface area contributed by atoms with Crippen LogP contribution >= 0.6 is 0 Å². The summed E-state index contributed by atoms with van der Waals surface area (Å²) in [5, 5.41) is 9.71. The molecule has 142 valence electrons. The minimum Gasteiger partial charge on any atom is -0.481 e. The fraction of sp³-hybridized carbons (Fsp3) is 0.529. The van der Waals surface area contributed by atoms with Gasteiger partial charge < -0.3 is 14.7 Å². The number of ether oxygens (including phenoxy) is 1. The monoisotopic (exact) mass is 382 g/mol. The Labute approximate surface area is 152 Å². The van der Waals surface area contributed by atoms with Crippen LogP contribution in [0.4, 0.5) is 5.69 Å². The molecule has 2 heterocycles. The first-order chi connectivity index (χ1) is 12.1. The number of likely N-dealkylation sites (tertiary alicyclic amines) is 1. The fourth-order valence-corrected chi connectivity index (χ4v) is 4.32. The summed E-state index contributed by atoms with van der Waals surface area (Å²) < 4.78 is 30.8. The molecule has 0 radical (unpaired) electrons. The minimum atomic E-state index is -3.47. The number of hydrogen-bond acceptors (Lipinski definition) is 5. The molecule has 2 aliphatic rings. The number of nitrogens with zero attached hydrogens (tertiary/aromatic N) is 1. The van der Waals surface area contributed by atoms with Gasteiger partial charge >= 0.3 is 5.97 Å². The average Bonchev–Trinajstić information content (AvgIpc) is 2.96. The number of carbonyl (C=O) groups is 2. The van der Waals surface area contributed by atoms with Gasteiger partial charge in [-0.2, -0.15) is 0 Å². The Morgan fingerprint density at radius 2 is 2.12 bits per heavy atom. The van der Waals surface area contributed by atoms with Crippen molar-refractivity contribution in [2.24, 2.45) is 11.3 Å². The number of benzene rings is 1. The van der Waals surface area contributed by atoms with Crippen molar-refractivity contribution in [3.05, 3.63) is 29.3 Å². The van der Waals surface area contributed by atoms with Gasteiger partial charge in [0, 0.05) is 31.2 Å². The van der Waals surface area contributed by atoms with Crippen LogP contribution in [-0.4, -0.2) is 62.9 Å². The largest absolute Gasteiger partial charge is 0.481 e. The van der Waals surface area contributed by atoms with Crippen LogP contribution in [0.5, 0.6) is 0 Å². The lowest BCUT2D eigenvalue weighted by Crippen LogP contribution is -2.45. The number of aryl methyl sites for hydroxylation is 1. The van der Waals surface area contributed by atoms with E-state index in [1.807, 2.05) is 0 Å². The lowest BCUT2D eigenvalue weighted by atomic mass is 9.74. The minimum absolute atomic E-state index is 0.137. The number of fused-ring (bicyclic) bond motifs is 1. The number of rotatable bonds is 4. The second-order valence-electron chi connectivity index (χ2n) is 7.07. The molecule has 0 aromatic heterocycles. The van der Waals surface area contributed by atoms with Crippen molar-refractivity contribution in [3.8, 4) is 0 Å². The highest BCUT2D eigenvalue weighted by Gasteiger charge is 2.54. The van der Waals surface area contributed by atoms with Crippen LogP contribution < -0.4 is 4.72 Å². The van der Waals surface area contributed by atoms with E-state index >= 15 is 0 Å². The summed E-state index contributed by atoms with van der Waals surface area (Å²) >= 11 is 0. The summed E-state index contributed by atoms with van der Waals surface area (Å²) in [5.74, 6) is -1.45. The van der Waals surface area contributed by atoms with Crippen molar-refractivity contribution in [3.63, 3.8) is 0 Å². The van der Waals surface area contributed by atoms with E-state index in [1.165, 1.54) is 11.0 Å². The second-order valence-corrected chi connectivity index (χ2v) is 8.82. The molecule has 1 aromatic rings. The maximum atomic E-state index is 12.9. The van der Waals surface area contributed by atoms with E-state index < -0.39 is 21.4 Å². The summed E-state index contributed by atoms with van der Waals surface area (Å²) in [6.45, 7) is 2.89. The normalized spacial score (nSPS) is 25.6. The number of carbonyl (C=O) groups excluding carboxylic acids is 1. The first-order valence-electron chi connectivity index (χ1n) is 8.31. The molecule has 0 unspecified atom stereocenters. The Bertz CT molecular complexity index is 853. The molecule has 2 aliphatic heterocycles. The van der Waals surface area contributed by atoms with Crippen molar-refractivity contribution in [1.82, 2.24) is 4.90 Å². The van der Waals surface area contributed by atoms with E-state index in [9.17, 15) is 23.1 Å². The second kappa shape index (κ2) is 6.55. The molecule has 26 heavy (non-hydrogen) atoms. The van der Waals surface area contributed by atoms with Crippen LogP contribution in [0.15, 0.2) is 18.2 Å². The van der Waals surface area contributed by atoms with Crippen LogP contribution in [-0.2, 0) is 19.6 Å². The van der Waals surface area contributed by atoms with Gasteiger partial charge in [-0.15, -0.1) is 0 Å². The van der Waals surface area contributed by atoms with Crippen molar-refractivity contribution < 1.29 is 27.9 Å². The van der Waals surface area contributed by atoms with Crippen molar-refractivity contribution in [2.45, 2.75) is 13.3 Å². The zero-order chi connectivity index (χ0) is 19.1. The van der Waals surface area contributed by atoms with Crippen LogP contribution in [0.2, 0.25) is 0 Å². The third-order valence-electron chi connectivity index (χ3n) is 5.20. The highest BCUT2D eigenvalue weighted by atomic mass is 32.2. The van der Waals surface area contributed by atoms with Gasteiger partial charge in [-0.05, 0) is 31.0 Å². The Hall–Kier alpha value is -2.13. The predicted octanol–water partition coefficient (Wildman–Crippen LogP) is 0.930. The highest BCUT2D eigenvalue weighted by Crippen LogP contribution is 2.43. The number of carboxylic acids is 1. The molecular formula is C17H22N2O6S. The van der Waals surface area contributed by atoms with Gasteiger partial charge in [0.2, 0.25) is 10.0 Å². The Morgan fingerprint density at radius 1 is 1.38 bits per heavy atom. The number of aliphatic carboxylic acids is 1. The fourth-order valence-electron chi connectivity index (χ4n) is 3.70. The first kappa shape index (κ1) is 18.7. The highest BCUT2D eigenvalue weighted by molar-refractivity contribution is 7.92. The summed E-state index contributed by atoms with van der Waals surface area (Å²) in [6, 6.07) is 4.78. The zero-order valence-electron chi connectivity index (χ0n) is 14.7. The van der Waals surface area contributed by atoms with Crippen molar-refractivity contribution in [1.29, 1.82) is 0 Å². The maximum Gasteiger partial charge on any atom is 0.311 e. The molecule has 0 spiro atoms. The standard InChI is InChI=1S/C17H22N2O6S/c1-11-3-4-12(7-14(11)18-26(2,23)24)15(20)19-8-13-9-25-6-5-17(13,10-19)16(21)22/h3-4,7,13,18H,5-6,8-10H2,1-2H3,(H,21,22)/t13-,17+/m0/s1. The Morgan fingerprint density at radius 3 is 2.73 bits per heavy atom. The number of carboxylic acid groups (broad SMARTS) is 1. The Balaban J connectivity index is 1.86. The lowest BCUT2D eigenvalue weighted by Gasteiger charge is -2.33. The van der Waals surface area contributed by atoms with Gasteiger partial charge in [0.25, 0.3) is 5.91 Å². The van der Waals surface area contributed by atoms with E-state index in [0.717, 1.165) is 6.26 Å². The molecule has 1 aromatic carbocycles. The molecule has 3 rings (SSSR count). The summed E-state index contributed by atoms with van der Waals surface area (Å²) in [7, 11) is -3.47. The first-order valence-corrected chi connectivity index (χ1v) is 10.2. The SMILES string of the molecule is Cc1ccc(C(=O)N2C[C@H]3COCC[C@@]3(C(=O)O)C2)cc1NS(C)(=O)=O. The molecule has 2 fully saturated rings. The van der Waals surface area contributed by atoms with Gasteiger partial charge in [-0.25, -0.2) is 8.42 Å². The van der Waals surface area contributed by atoms with Crippen molar-refractivity contribution in [2.75, 3.05) is 37.3 Å². The van der Waals surface area contributed by atoms with E-state index in [4.69, 9.17) is 4.74 Å². The molecule has 9 heteroatoms. The summed E-state index contributed by atoms with van der Waals surface area (Å²) in [6.07, 6.45) is 1.42. The molecule has 2 atom stereocenters. The van der Waals surface area contributed by atoms with Crippen LogP contribution in [0.3, 0.4) is 0 Å². The topological polar surface area (TPSA) is 113 Å². The van der Waals surface area contributed by atoms with E-state index in [1.54, 1.807) is 19.1 Å². The summed E-state index contributed by atoms with van der Waals surface area (Å²) in [4.78, 5) is 26.3. The van der Waals surface area contributed by atoms with E-state index in [0.29, 0.717) is 43.0 Å². The van der Waals surface area contributed by atoms with Gasteiger partial charge in [-0.1, -0.05) is 6.07 Å². The maximum absolute atomic E-state index is 12.9. The number of nitrogens with one attached hydrogen (secondary N) is 1. The van der Waals surface area contributed by atoms with Gasteiger partial charge in [0.15, 0.2) is 0 Å². The number of sulfonamides is 1. The molecule has 8 nitrogen and oxygen atoms in total. The van der Waals surface area contributed by atoms with Crippen LogP contribution in [0, 0.1) is 18.3 Å². The zero-order valence-corrected chi connectivity index (χ0v) is 15.5. The van der Waals surface area contributed by atoms with Crippen molar-refractivity contribution >= 4 is 27.6 Å². The number of anilines is 1. The smallest absolute Gasteiger partial charge is 0.311 e. The van der Waals surface area contributed by atoms with Gasteiger partial charge in [0.05, 0.1) is 24.0 Å². The van der Waals surface area contributed by atoms with Gasteiger partial charge in [-0.3, -0.25) is 14.3 Å². The third-order valence-corrected chi connectivity index (χ3v) is 5.79. The number of hydrogen-bond donors (Lipinski definition) is 2. The number of amides is 1. The van der Waals surface area contributed by atoms with Crippen LogP contribution in [0.1, 0.15) is 22.3 Å². The van der Waals surface area contributed by atoms with E-state index in [2.05, 4.69) is 4.72 Å². The molecule has 0 aliphatic carbocycles. The molecule has 0 bridgehead atoms. The molecular weight excluding hydrogens is 360 g/mol. The third kappa shape index (κ3) is 3.41. The molecule has 2 saturated heterocycles. The van der Waals surface area contributed by atoms with Crippen LogP contribution in [0.25, 0.3) is 0 Å². The van der Waals surface area contributed by atoms with E-state index in [-0.39, 0.29) is 18.4 Å². The molecule has 2 N–H and O–H groups in total. The average molecular weight is 382 g/mol.